The Bertz CT molecular complexity index is 834. The van der Waals surface area contributed by atoms with Crippen LogP contribution < -0.4 is 0 Å². The normalized spacial score (nSPS) is 38.6. The van der Waals surface area contributed by atoms with Crippen LogP contribution in [0.3, 0.4) is 0 Å². The molecular formula is C26H36O2Si. The number of benzene rings is 1. The molecule has 156 valence electrons. The summed E-state index contributed by atoms with van der Waals surface area (Å²) in [5.41, 5.74) is 2.64. The molecule has 2 saturated carbocycles. The molecule has 0 spiro atoms. The molecule has 29 heavy (non-hydrogen) atoms. The highest BCUT2D eigenvalue weighted by Gasteiger charge is 2.62. The second kappa shape index (κ2) is 7.37. The van der Waals surface area contributed by atoms with Crippen LogP contribution in [0.5, 0.6) is 0 Å². The number of fused-ring (bicyclic) bond motifs is 3. The average molecular weight is 409 g/mol. The minimum atomic E-state index is -1.88. The van der Waals surface area contributed by atoms with Crippen molar-refractivity contribution >= 4 is 14.4 Å². The minimum absolute atomic E-state index is 0.112. The van der Waals surface area contributed by atoms with Gasteiger partial charge in [0, 0.05) is 18.3 Å². The molecule has 0 saturated heterocycles. The van der Waals surface area contributed by atoms with Crippen molar-refractivity contribution in [1.29, 1.82) is 0 Å². The molecule has 2 nitrogen and oxygen atoms in total. The van der Waals surface area contributed by atoms with Gasteiger partial charge in [-0.15, -0.1) is 0 Å². The van der Waals surface area contributed by atoms with E-state index in [9.17, 15) is 5.11 Å². The highest BCUT2D eigenvalue weighted by molar-refractivity contribution is 6.69. The summed E-state index contributed by atoms with van der Waals surface area (Å²) >= 11 is 0. The predicted molar refractivity (Wildman–Crippen MR) is 124 cm³/mol. The van der Waals surface area contributed by atoms with Gasteiger partial charge in [0.15, 0.2) is 8.32 Å². The van der Waals surface area contributed by atoms with Crippen LogP contribution in [0.25, 0.3) is 6.08 Å². The van der Waals surface area contributed by atoms with E-state index in [1.807, 2.05) is 0 Å². The first-order valence-corrected chi connectivity index (χ1v) is 14.6. The van der Waals surface area contributed by atoms with Gasteiger partial charge >= 0.3 is 0 Å². The zero-order valence-electron chi connectivity index (χ0n) is 18.4. The first-order valence-electron chi connectivity index (χ1n) is 11.2. The number of aliphatic hydroxyl groups is 1. The van der Waals surface area contributed by atoms with Crippen LogP contribution in [-0.2, 0) is 4.43 Å². The summed E-state index contributed by atoms with van der Waals surface area (Å²) in [5, 5.41) is 12.1. The van der Waals surface area contributed by atoms with Crippen molar-refractivity contribution in [3.05, 3.63) is 65.8 Å². The summed E-state index contributed by atoms with van der Waals surface area (Å²) in [7, 11) is -1.88. The molecule has 0 aliphatic heterocycles. The summed E-state index contributed by atoms with van der Waals surface area (Å²) < 4.78 is 7.14. The summed E-state index contributed by atoms with van der Waals surface area (Å²) in [4.78, 5) is 0. The minimum Gasteiger partial charge on any atom is -0.408 e. The highest BCUT2D eigenvalue weighted by Crippen LogP contribution is 2.61. The number of allylic oxidation sites excluding steroid dienone is 1. The van der Waals surface area contributed by atoms with E-state index in [0.717, 1.165) is 32.1 Å². The lowest BCUT2D eigenvalue weighted by Gasteiger charge is -2.49. The van der Waals surface area contributed by atoms with E-state index in [1.54, 1.807) is 0 Å². The van der Waals surface area contributed by atoms with E-state index in [0.29, 0.717) is 5.92 Å². The third-order valence-electron chi connectivity index (χ3n) is 7.13. The van der Waals surface area contributed by atoms with Crippen LogP contribution in [0.15, 0.2) is 60.2 Å². The van der Waals surface area contributed by atoms with E-state index >= 15 is 0 Å². The molecule has 0 bridgehead atoms. The second-order valence-electron chi connectivity index (χ2n) is 10.5. The van der Waals surface area contributed by atoms with E-state index in [2.05, 4.69) is 81.7 Å². The molecule has 4 rings (SSSR count). The van der Waals surface area contributed by atoms with Crippen molar-refractivity contribution in [2.75, 3.05) is 0 Å². The molecule has 3 aliphatic rings. The molecule has 5 atom stereocenters. The van der Waals surface area contributed by atoms with Crippen molar-refractivity contribution in [3.63, 3.8) is 0 Å². The van der Waals surface area contributed by atoms with Gasteiger partial charge in [0.05, 0.1) is 11.2 Å². The maximum absolute atomic E-state index is 12.1. The Morgan fingerprint density at radius 3 is 2.62 bits per heavy atom. The standard InChI is InChI=1S/C26H36O2Si/c1-19-15-22-13-9-10-14-25(22,27)24-16-20(2)23(17-21-11-7-6-8-12-21)26(24,18-19)28-29(3,4)5/h6-9,11-13,17,20,22,24,27H,1,10,14-16,18H2,2-5H3/b23-17-/t20-,22-,24+,25-,26+/m0/s1. The van der Waals surface area contributed by atoms with Crippen LogP contribution in [0.2, 0.25) is 19.6 Å². The van der Waals surface area contributed by atoms with Gasteiger partial charge in [-0.25, -0.2) is 0 Å². The molecule has 2 fully saturated rings. The van der Waals surface area contributed by atoms with Crippen molar-refractivity contribution < 1.29 is 9.53 Å². The summed E-state index contributed by atoms with van der Waals surface area (Å²) in [6.45, 7) is 13.6. The molecule has 0 aromatic heterocycles. The fraction of sp³-hybridized carbons (Fsp3) is 0.538. The fourth-order valence-corrected chi connectivity index (χ4v) is 7.61. The van der Waals surface area contributed by atoms with E-state index in [-0.39, 0.29) is 11.8 Å². The molecule has 0 heterocycles. The second-order valence-corrected chi connectivity index (χ2v) is 14.9. The zero-order chi connectivity index (χ0) is 20.9. The SMILES string of the molecule is C=C1C[C@@H]2C=CCC[C@@]2(O)[C@H]2C[C@H](C)/C(=C/c3ccccc3)[C@]2(O[Si](C)(C)C)C1. The van der Waals surface area contributed by atoms with Crippen LogP contribution in [0, 0.1) is 17.8 Å². The first-order chi connectivity index (χ1) is 13.6. The molecule has 1 aromatic carbocycles. The predicted octanol–water partition coefficient (Wildman–Crippen LogP) is 6.36. The molecule has 3 aliphatic carbocycles. The Hall–Kier alpha value is -1.42. The average Bonchev–Trinajstić information content (AvgIpc) is 2.84. The van der Waals surface area contributed by atoms with Crippen LogP contribution in [0.4, 0.5) is 0 Å². The van der Waals surface area contributed by atoms with Gasteiger partial charge in [-0.2, -0.15) is 0 Å². The lowest BCUT2D eigenvalue weighted by molar-refractivity contribution is -0.111. The van der Waals surface area contributed by atoms with E-state index < -0.39 is 19.5 Å². The van der Waals surface area contributed by atoms with Gasteiger partial charge < -0.3 is 9.53 Å². The summed E-state index contributed by atoms with van der Waals surface area (Å²) in [5.74, 6) is 0.656. The molecule has 0 amide bonds. The fourth-order valence-electron chi connectivity index (χ4n) is 6.19. The molecular weight excluding hydrogens is 372 g/mol. The van der Waals surface area contributed by atoms with Gasteiger partial charge in [0.1, 0.15) is 0 Å². The smallest absolute Gasteiger partial charge is 0.184 e. The Morgan fingerprint density at radius 1 is 1.21 bits per heavy atom. The number of hydrogen-bond acceptors (Lipinski definition) is 2. The molecule has 3 heteroatoms. The van der Waals surface area contributed by atoms with Gasteiger partial charge in [0.2, 0.25) is 0 Å². The van der Waals surface area contributed by atoms with Gasteiger partial charge in [-0.1, -0.05) is 67.6 Å². The van der Waals surface area contributed by atoms with Crippen molar-refractivity contribution in [1.82, 2.24) is 0 Å². The molecule has 0 unspecified atom stereocenters. The summed E-state index contributed by atoms with van der Waals surface area (Å²) in [6.07, 6.45) is 11.3. The highest BCUT2D eigenvalue weighted by atomic mass is 28.4. The van der Waals surface area contributed by atoms with Gasteiger partial charge in [0.25, 0.3) is 0 Å². The third-order valence-corrected chi connectivity index (χ3v) is 8.10. The largest absolute Gasteiger partial charge is 0.408 e. The van der Waals surface area contributed by atoms with Crippen LogP contribution in [-0.4, -0.2) is 24.6 Å². The number of hydrogen-bond donors (Lipinski definition) is 1. The Morgan fingerprint density at radius 2 is 1.93 bits per heavy atom. The third kappa shape index (κ3) is 3.73. The zero-order valence-corrected chi connectivity index (χ0v) is 19.4. The van der Waals surface area contributed by atoms with E-state index in [4.69, 9.17) is 4.43 Å². The number of rotatable bonds is 3. The Kier molecular flexibility index (Phi) is 5.29. The lowest BCUT2D eigenvalue weighted by atomic mass is 9.67. The monoisotopic (exact) mass is 408 g/mol. The van der Waals surface area contributed by atoms with Crippen molar-refractivity contribution in [2.45, 2.75) is 69.9 Å². The first kappa shape index (κ1) is 20.8. The molecule has 1 N–H and O–H groups in total. The van der Waals surface area contributed by atoms with Crippen molar-refractivity contribution in [2.24, 2.45) is 17.8 Å². The maximum atomic E-state index is 12.1. The molecule has 0 radical (unpaired) electrons. The van der Waals surface area contributed by atoms with Gasteiger partial charge in [-0.3, -0.25) is 0 Å². The van der Waals surface area contributed by atoms with Crippen LogP contribution >= 0.6 is 0 Å². The Balaban J connectivity index is 1.91. The summed E-state index contributed by atoms with van der Waals surface area (Å²) in [6, 6.07) is 10.6. The molecule has 1 aromatic rings. The lowest BCUT2D eigenvalue weighted by Crippen LogP contribution is -2.56. The van der Waals surface area contributed by atoms with Crippen molar-refractivity contribution in [3.8, 4) is 0 Å². The van der Waals surface area contributed by atoms with Gasteiger partial charge in [-0.05, 0) is 62.4 Å². The topological polar surface area (TPSA) is 29.5 Å². The quantitative estimate of drug-likeness (QED) is 0.465. The maximum Gasteiger partial charge on any atom is 0.184 e. The Labute approximate surface area is 177 Å². The van der Waals surface area contributed by atoms with Crippen LogP contribution in [0.1, 0.15) is 44.6 Å². The van der Waals surface area contributed by atoms with E-state index in [1.165, 1.54) is 16.7 Å².